The van der Waals surface area contributed by atoms with E-state index in [0.717, 1.165) is 18.1 Å². The molecule has 0 spiro atoms. The van der Waals surface area contributed by atoms with Gasteiger partial charge in [0.2, 0.25) is 0 Å². The molecule has 0 fully saturated rings. The van der Waals surface area contributed by atoms with Crippen molar-refractivity contribution >= 4 is 15.9 Å². The van der Waals surface area contributed by atoms with E-state index in [1.54, 1.807) is 0 Å². The molecule has 90 valence electrons. The van der Waals surface area contributed by atoms with Crippen molar-refractivity contribution in [2.45, 2.75) is 25.9 Å². The Morgan fingerprint density at radius 1 is 1.38 bits per heavy atom. The van der Waals surface area contributed by atoms with Crippen molar-refractivity contribution in [3.8, 4) is 0 Å². The van der Waals surface area contributed by atoms with Gasteiger partial charge in [-0.15, -0.1) is 0 Å². The number of hydrogen-bond acceptors (Lipinski definition) is 1. The molecule has 0 aliphatic rings. The highest BCUT2D eigenvalue weighted by molar-refractivity contribution is 9.09. The minimum atomic E-state index is -2.79. The first-order valence-electron chi connectivity index (χ1n) is 5.05. The van der Waals surface area contributed by atoms with E-state index in [0.29, 0.717) is 5.33 Å². The second-order valence-corrected chi connectivity index (χ2v) is 4.53. The molecular formula is C12H15BrF2O. The molecule has 0 aromatic heterocycles. The molecule has 0 aliphatic carbocycles. The Balaban J connectivity index is 2.72. The van der Waals surface area contributed by atoms with Gasteiger partial charge in [0.25, 0.3) is 5.92 Å². The van der Waals surface area contributed by atoms with Crippen molar-refractivity contribution in [3.63, 3.8) is 0 Å². The Hall–Kier alpha value is -0.480. The maximum Gasteiger partial charge on any atom is 0.268 e. The van der Waals surface area contributed by atoms with Crippen LogP contribution in [0, 0.1) is 6.92 Å². The molecule has 1 atom stereocenters. The first-order chi connectivity index (χ1) is 7.44. The van der Waals surface area contributed by atoms with E-state index in [-0.39, 0.29) is 6.10 Å². The highest BCUT2D eigenvalue weighted by Crippen LogP contribution is 2.25. The lowest BCUT2D eigenvalue weighted by Gasteiger charge is -2.20. The minimum Gasteiger partial charge on any atom is -0.366 e. The zero-order chi connectivity index (χ0) is 12.2. The van der Waals surface area contributed by atoms with Crippen LogP contribution in [0.25, 0.3) is 0 Å². The maximum absolute atomic E-state index is 12.7. The van der Waals surface area contributed by atoms with Crippen molar-refractivity contribution < 1.29 is 13.5 Å². The molecule has 0 heterocycles. The Labute approximate surface area is 103 Å². The van der Waals surface area contributed by atoms with Gasteiger partial charge in [-0.1, -0.05) is 40.2 Å². The summed E-state index contributed by atoms with van der Waals surface area (Å²) in [5.74, 6) is -2.79. The fourth-order valence-corrected chi connectivity index (χ4v) is 1.95. The lowest BCUT2D eigenvalue weighted by molar-refractivity contribution is -0.0829. The molecule has 0 radical (unpaired) electrons. The van der Waals surface area contributed by atoms with Crippen molar-refractivity contribution in [1.29, 1.82) is 0 Å². The Morgan fingerprint density at radius 2 is 2.00 bits per heavy atom. The van der Waals surface area contributed by atoms with Crippen LogP contribution in [0.15, 0.2) is 24.3 Å². The van der Waals surface area contributed by atoms with Gasteiger partial charge in [0.15, 0.2) is 0 Å². The molecule has 1 rings (SSSR count). The minimum absolute atomic E-state index is 0.327. The quantitative estimate of drug-likeness (QED) is 0.743. The summed E-state index contributed by atoms with van der Waals surface area (Å²) in [5.41, 5.74) is 2.00. The van der Waals surface area contributed by atoms with Crippen LogP contribution in [0.2, 0.25) is 0 Å². The molecule has 0 saturated carbocycles. The number of halogens is 3. The second kappa shape index (κ2) is 5.73. The zero-order valence-corrected chi connectivity index (χ0v) is 10.9. The van der Waals surface area contributed by atoms with Gasteiger partial charge >= 0.3 is 0 Å². The third-order valence-corrected chi connectivity index (χ3v) is 2.80. The predicted octanol–water partition coefficient (Wildman–Crippen LogP) is 4.10. The topological polar surface area (TPSA) is 9.23 Å². The predicted molar refractivity (Wildman–Crippen MR) is 64.3 cm³/mol. The van der Waals surface area contributed by atoms with Crippen LogP contribution < -0.4 is 0 Å². The molecule has 16 heavy (non-hydrogen) atoms. The fraction of sp³-hybridized carbons (Fsp3) is 0.500. The van der Waals surface area contributed by atoms with Crippen LogP contribution in [0.5, 0.6) is 0 Å². The van der Waals surface area contributed by atoms with Gasteiger partial charge < -0.3 is 4.74 Å². The second-order valence-electron chi connectivity index (χ2n) is 3.88. The normalized spacial score (nSPS) is 13.8. The van der Waals surface area contributed by atoms with Gasteiger partial charge in [0, 0.05) is 12.3 Å². The molecule has 0 amide bonds. The Kier molecular flexibility index (Phi) is 4.87. The third-order valence-electron chi connectivity index (χ3n) is 2.21. The summed E-state index contributed by atoms with van der Waals surface area (Å²) in [4.78, 5) is 0. The summed E-state index contributed by atoms with van der Waals surface area (Å²) < 4.78 is 30.6. The van der Waals surface area contributed by atoms with Gasteiger partial charge in [-0.05, 0) is 18.1 Å². The number of hydrogen-bond donors (Lipinski definition) is 0. The SMILES string of the molecule is Cc1ccccc1C(CBr)OCC(C)(F)F. The largest absolute Gasteiger partial charge is 0.366 e. The monoisotopic (exact) mass is 292 g/mol. The number of benzene rings is 1. The molecule has 0 N–H and O–H groups in total. The van der Waals surface area contributed by atoms with Crippen molar-refractivity contribution in [2.24, 2.45) is 0 Å². The van der Waals surface area contributed by atoms with Gasteiger partial charge in [-0.2, -0.15) is 0 Å². The molecule has 1 aromatic rings. The van der Waals surface area contributed by atoms with Crippen molar-refractivity contribution in [2.75, 3.05) is 11.9 Å². The highest BCUT2D eigenvalue weighted by atomic mass is 79.9. The Bertz CT molecular complexity index is 336. The van der Waals surface area contributed by atoms with Gasteiger partial charge in [0.1, 0.15) is 6.61 Å². The number of aryl methyl sites for hydroxylation is 1. The summed E-state index contributed by atoms with van der Waals surface area (Å²) in [7, 11) is 0. The van der Waals surface area contributed by atoms with E-state index < -0.39 is 12.5 Å². The number of rotatable bonds is 5. The fourth-order valence-electron chi connectivity index (χ4n) is 1.41. The summed E-state index contributed by atoms with van der Waals surface area (Å²) >= 11 is 3.28. The van der Waals surface area contributed by atoms with E-state index in [1.807, 2.05) is 31.2 Å². The molecular weight excluding hydrogens is 278 g/mol. The number of ether oxygens (including phenoxy) is 1. The summed E-state index contributed by atoms with van der Waals surface area (Å²) in [6.07, 6.45) is -0.327. The summed E-state index contributed by atoms with van der Waals surface area (Å²) in [6, 6.07) is 7.64. The van der Waals surface area contributed by atoms with Crippen LogP contribution in [0.4, 0.5) is 8.78 Å². The van der Waals surface area contributed by atoms with Crippen LogP contribution in [-0.4, -0.2) is 17.9 Å². The average molecular weight is 293 g/mol. The first-order valence-corrected chi connectivity index (χ1v) is 6.17. The molecule has 1 unspecified atom stereocenters. The molecule has 0 bridgehead atoms. The van der Waals surface area contributed by atoms with Gasteiger partial charge in [0.05, 0.1) is 6.10 Å². The highest BCUT2D eigenvalue weighted by Gasteiger charge is 2.24. The van der Waals surface area contributed by atoms with Gasteiger partial charge in [-0.3, -0.25) is 0 Å². The van der Waals surface area contributed by atoms with E-state index in [1.165, 1.54) is 0 Å². The van der Waals surface area contributed by atoms with Crippen LogP contribution in [-0.2, 0) is 4.74 Å². The summed E-state index contributed by atoms with van der Waals surface area (Å²) in [6.45, 7) is 2.24. The molecule has 1 nitrogen and oxygen atoms in total. The van der Waals surface area contributed by atoms with E-state index in [2.05, 4.69) is 15.9 Å². The van der Waals surface area contributed by atoms with E-state index in [4.69, 9.17) is 4.74 Å². The van der Waals surface area contributed by atoms with Crippen molar-refractivity contribution in [1.82, 2.24) is 0 Å². The first kappa shape index (κ1) is 13.6. The van der Waals surface area contributed by atoms with E-state index >= 15 is 0 Å². The van der Waals surface area contributed by atoms with Crippen molar-refractivity contribution in [3.05, 3.63) is 35.4 Å². The summed E-state index contributed by atoms with van der Waals surface area (Å²) in [5, 5.41) is 0.508. The number of alkyl halides is 3. The van der Waals surface area contributed by atoms with Gasteiger partial charge in [-0.25, -0.2) is 8.78 Å². The lowest BCUT2D eigenvalue weighted by atomic mass is 10.0. The van der Waals surface area contributed by atoms with Crippen LogP contribution in [0.3, 0.4) is 0 Å². The smallest absolute Gasteiger partial charge is 0.268 e. The van der Waals surface area contributed by atoms with Crippen LogP contribution in [0.1, 0.15) is 24.2 Å². The third kappa shape index (κ3) is 4.18. The van der Waals surface area contributed by atoms with E-state index in [9.17, 15) is 8.78 Å². The molecule has 0 saturated heterocycles. The average Bonchev–Trinajstić information content (AvgIpc) is 2.20. The molecule has 0 aliphatic heterocycles. The molecule has 1 aromatic carbocycles. The zero-order valence-electron chi connectivity index (χ0n) is 9.34. The van der Waals surface area contributed by atoms with Crippen LogP contribution >= 0.6 is 15.9 Å². The Morgan fingerprint density at radius 3 is 2.50 bits per heavy atom. The lowest BCUT2D eigenvalue weighted by Crippen LogP contribution is -2.21. The molecule has 4 heteroatoms. The maximum atomic E-state index is 12.7. The standard InChI is InChI=1S/C12H15BrF2O/c1-9-5-3-4-6-10(9)11(7-13)16-8-12(2,14)15/h3-6,11H,7-8H2,1-2H3.